The number of aromatic nitrogens is 2. The van der Waals surface area contributed by atoms with E-state index in [1.165, 1.54) is 33.3 Å². The van der Waals surface area contributed by atoms with Gasteiger partial charge in [-0.15, -0.1) is 0 Å². The highest BCUT2D eigenvalue weighted by Crippen LogP contribution is 2.65. The van der Waals surface area contributed by atoms with Gasteiger partial charge in [-0.1, -0.05) is 30.0 Å². The highest BCUT2D eigenvalue weighted by molar-refractivity contribution is 7.66. The number of carbonyl (C=O) groups is 2. The lowest BCUT2D eigenvalue weighted by atomic mass is 9.81. The van der Waals surface area contributed by atoms with Crippen LogP contribution in [-0.2, 0) is 62.1 Å². The van der Waals surface area contributed by atoms with Crippen molar-refractivity contribution in [2.75, 3.05) is 63.6 Å². The fourth-order valence-electron chi connectivity index (χ4n) is 11.2. The smallest absolute Gasteiger partial charge is 0.487 e. The van der Waals surface area contributed by atoms with Crippen LogP contribution in [0.15, 0.2) is 47.4 Å². The molecule has 1 fully saturated rings. The minimum atomic E-state index is -5.91. The molecule has 7 heterocycles. The van der Waals surface area contributed by atoms with Crippen molar-refractivity contribution in [1.29, 1.82) is 0 Å². The highest BCUT2D eigenvalue weighted by atomic mass is 31.3. The Balaban J connectivity index is 0.803. The number of nitrogens with two attached hydrogens (primary N) is 1. The summed E-state index contributed by atoms with van der Waals surface area (Å²) in [5.74, 6) is 6.32. The number of rotatable bonds is 15. The molecule has 0 spiro atoms. The molecule has 8 N–H and O–H groups in total. The number of aliphatic hydroxyl groups excluding tert-OH is 2. The Morgan fingerprint density at radius 2 is 1.67 bits per heavy atom. The van der Waals surface area contributed by atoms with E-state index in [1.807, 2.05) is 24.3 Å². The predicted molar refractivity (Wildman–Crippen MR) is 269 cm³/mol. The van der Waals surface area contributed by atoms with Crippen LogP contribution in [0.25, 0.3) is 5.57 Å². The Hall–Kier alpha value is -5.60. The van der Waals surface area contributed by atoms with Crippen molar-refractivity contribution in [1.82, 2.24) is 24.3 Å². The van der Waals surface area contributed by atoms with Crippen molar-refractivity contribution in [3.05, 3.63) is 108 Å². The molecule has 0 bridgehead atoms. The normalized spacial score (nSPS) is 22.5. The summed E-state index contributed by atoms with van der Waals surface area (Å²) < 4.78 is 62.1. The molecule has 4 aromatic rings. The number of hydrogen-bond donors (Lipinski definition) is 7. The molecule has 76 heavy (non-hydrogen) atoms. The molecule has 2 amide bonds. The molecule has 27 heteroatoms. The van der Waals surface area contributed by atoms with Gasteiger partial charge >= 0.3 is 21.3 Å². The third kappa shape index (κ3) is 11.0. The van der Waals surface area contributed by atoms with Gasteiger partial charge in [0, 0.05) is 90.9 Å². The molecule has 404 valence electrons. The minimum absolute atomic E-state index is 0.0563. The number of nitrogens with one attached hydrogen (secondary N) is 1. The number of aryl methyl sites for hydroxylation is 2. The summed E-state index contributed by atoms with van der Waals surface area (Å²) in [6.45, 7) is 3.09. The van der Waals surface area contributed by atoms with Crippen LogP contribution in [0, 0.1) is 11.8 Å². The fraction of sp³-hybridized carbons (Fsp3) is 0.449. The van der Waals surface area contributed by atoms with Crippen LogP contribution in [0.2, 0.25) is 0 Å². The van der Waals surface area contributed by atoms with E-state index < -0.39 is 60.3 Å². The number of aliphatic hydroxyl groups is 2. The van der Waals surface area contributed by atoms with Crippen molar-refractivity contribution < 1.29 is 75.7 Å². The average Bonchev–Trinajstić information content (AvgIpc) is 3.73. The van der Waals surface area contributed by atoms with E-state index in [9.17, 15) is 53.0 Å². The Labute approximate surface area is 434 Å². The molecule has 1 aromatic heterocycles. The van der Waals surface area contributed by atoms with Gasteiger partial charge in [-0.25, -0.2) is 22.8 Å². The molecule has 3 aromatic carbocycles. The van der Waals surface area contributed by atoms with E-state index in [1.54, 1.807) is 11.9 Å². The molecule has 10 rings (SSSR count). The van der Waals surface area contributed by atoms with Gasteiger partial charge in [0.05, 0.1) is 24.3 Å². The number of carbonyl (C=O) groups excluding carboxylic acids is 2. The molecule has 0 saturated carbocycles. The summed E-state index contributed by atoms with van der Waals surface area (Å²) in [4.78, 5) is 86.8. The molecular weight excluding hydrogens is 1050 g/mol. The van der Waals surface area contributed by atoms with Crippen molar-refractivity contribution in [3.8, 4) is 23.3 Å². The highest BCUT2D eigenvalue weighted by Gasteiger charge is 2.47. The summed E-state index contributed by atoms with van der Waals surface area (Å²) in [6.07, 6.45) is 2.26. The van der Waals surface area contributed by atoms with Crippen LogP contribution in [0.5, 0.6) is 11.5 Å². The van der Waals surface area contributed by atoms with Crippen LogP contribution in [0.3, 0.4) is 0 Å². The summed E-state index contributed by atoms with van der Waals surface area (Å²) in [7, 11) is -15.7. The summed E-state index contributed by atoms with van der Waals surface area (Å²) in [5.41, 5.74) is 14.7. The van der Waals surface area contributed by atoms with Gasteiger partial charge in [-0.3, -0.25) is 23.2 Å². The molecule has 7 atom stereocenters. The number of phosphoric acid groups is 3. The Morgan fingerprint density at radius 1 is 0.947 bits per heavy atom. The van der Waals surface area contributed by atoms with Crippen molar-refractivity contribution in [3.63, 3.8) is 0 Å². The third-order valence-corrected chi connectivity index (χ3v) is 18.1. The summed E-state index contributed by atoms with van der Waals surface area (Å²) in [5, 5.41) is 26.3. The van der Waals surface area contributed by atoms with Crippen molar-refractivity contribution in [2.24, 2.45) is 0 Å². The van der Waals surface area contributed by atoms with E-state index in [0.29, 0.717) is 16.6 Å². The van der Waals surface area contributed by atoms with E-state index in [-0.39, 0.29) is 42.7 Å². The van der Waals surface area contributed by atoms with Gasteiger partial charge in [0.1, 0.15) is 48.7 Å². The largest absolute Gasteiger partial charge is 0.756 e. The molecule has 6 aliphatic rings. The van der Waals surface area contributed by atoms with Gasteiger partial charge in [-0.05, 0) is 74.3 Å². The second kappa shape index (κ2) is 21.3. The molecule has 0 aliphatic carbocycles. The summed E-state index contributed by atoms with van der Waals surface area (Å²) >= 11 is 0. The zero-order valence-electron chi connectivity index (χ0n) is 41.2. The van der Waals surface area contributed by atoms with Crippen LogP contribution >= 0.6 is 23.5 Å². The van der Waals surface area contributed by atoms with Gasteiger partial charge in [0.2, 0.25) is 11.3 Å². The number of hydrogen-bond acceptors (Lipinski definition) is 17. The Bertz CT molecular complexity index is 3460. The quantitative estimate of drug-likeness (QED) is 0.0429. The maximum atomic E-state index is 14.6. The van der Waals surface area contributed by atoms with Crippen LogP contribution < -0.4 is 46.4 Å². The summed E-state index contributed by atoms with van der Waals surface area (Å²) in [6, 6.07) is 12.4. The zero-order chi connectivity index (χ0) is 53.8. The second-order valence-corrected chi connectivity index (χ2v) is 23.8. The maximum absolute atomic E-state index is 14.6. The van der Waals surface area contributed by atoms with Gasteiger partial charge in [0.25, 0.3) is 13.7 Å². The van der Waals surface area contributed by atoms with Crippen LogP contribution in [0.4, 0.5) is 11.5 Å². The van der Waals surface area contributed by atoms with Crippen LogP contribution in [-0.4, -0.2) is 122 Å². The lowest BCUT2D eigenvalue weighted by molar-refractivity contribution is -0.212. The average molecular weight is 1110 g/mol. The van der Waals surface area contributed by atoms with Crippen molar-refractivity contribution in [2.45, 2.75) is 88.7 Å². The number of benzene rings is 3. The minimum Gasteiger partial charge on any atom is -0.756 e. The standard InChI is InChI=1S/C49H56N7O17P3/c1-53(19-9-17-38(57)51-18-4-10-30-26-56(49(61)52-46(30)50)48-43(59)42(58)37(70-48)27-69-75(65,66)73-76(67,68)72-74(62,63)64)47(60)32-14-3-2-13-31(32)39-35-24-28-11-5-20-54-22-7-15-33(40(28)54)44(35)71-45-34-16-8-23-55-21-6-12-29(41(34)55)25-36(39)45/h2-3,13-14,24-26,37,42-43,48,58-59H,5-9,11-12,15-23,27H2,1H3,(H6-,50,51,52,57,61,62,63,64,65,66,67,68)/t37-,42-,43-,48-/m1/s1. The van der Waals surface area contributed by atoms with Gasteiger partial charge in [0.15, 0.2) is 6.23 Å². The number of nitrogen functional groups attached to an aromatic ring is 1. The first kappa shape index (κ1) is 53.8. The first-order valence-corrected chi connectivity index (χ1v) is 29.4. The monoisotopic (exact) mass is 1110 g/mol. The molecule has 6 aliphatic heterocycles. The first-order chi connectivity index (χ1) is 36.2. The topological polar surface area (TPSA) is 338 Å². The Kier molecular flexibility index (Phi) is 15.1. The van der Waals surface area contributed by atoms with E-state index in [0.717, 1.165) is 117 Å². The van der Waals surface area contributed by atoms with Crippen LogP contribution in [0.1, 0.15) is 94.1 Å². The number of anilines is 2. The van der Waals surface area contributed by atoms with E-state index >= 15 is 0 Å². The Morgan fingerprint density at radius 3 is 2.45 bits per heavy atom. The predicted octanol–water partition coefficient (Wildman–Crippen LogP) is 0.611. The van der Waals surface area contributed by atoms with Crippen molar-refractivity contribution >= 4 is 52.4 Å². The van der Waals surface area contributed by atoms with Gasteiger partial charge in [-0.2, -0.15) is 9.29 Å². The maximum Gasteiger partial charge on any atom is 0.487 e. The molecule has 0 radical (unpaired) electrons. The lowest BCUT2D eigenvalue weighted by Crippen LogP contribution is -2.45. The number of fused-ring (bicyclic) bond motifs is 4. The number of amides is 2. The van der Waals surface area contributed by atoms with E-state index in [4.69, 9.17) is 20.1 Å². The molecular formula is C49H56N7O17P3. The molecule has 24 nitrogen and oxygen atoms in total. The molecule has 3 unspecified atom stereocenters. The molecule has 1 saturated heterocycles. The number of nitrogens with zero attached hydrogens (tertiary/aromatic N) is 5. The SMILES string of the molecule is CN(CCCC(=O)NCC#Cc1cn([C@@H]2O[C@H](COP(=O)(O)OP(=O)(O)OP(=O)([O-])O)[C@@H](O)[C@H]2O)c(=O)nc1N)C(=O)c1ccccc1C1=c2cc3c4c(c2Oc2c1cc1c5c2CCCN5CCC1)CCC[N+]=4CCC3. The number of phosphoric ester groups is 1. The lowest BCUT2D eigenvalue weighted by Gasteiger charge is -2.39. The first-order valence-electron chi connectivity index (χ1n) is 24.9. The third-order valence-electron chi connectivity index (χ3n) is 14.4. The second-order valence-electron chi connectivity index (χ2n) is 19.4. The van der Waals surface area contributed by atoms with Gasteiger partial charge < -0.3 is 60.1 Å². The fourth-order valence-corrected chi connectivity index (χ4v) is 14.2. The zero-order valence-corrected chi connectivity index (χ0v) is 43.8. The number of ether oxygens (including phenoxy) is 2. The van der Waals surface area contributed by atoms with E-state index in [2.05, 4.69) is 56.9 Å².